The van der Waals surface area contributed by atoms with Crippen molar-refractivity contribution in [3.8, 4) is 5.69 Å². The van der Waals surface area contributed by atoms with Crippen LogP contribution in [0.25, 0.3) is 16.9 Å². The summed E-state index contributed by atoms with van der Waals surface area (Å²) in [5.74, 6) is 0.176. The second kappa shape index (κ2) is 8.13. The van der Waals surface area contributed by atoms with Gasteiger partial charge in [0.15, 0.2) is 5.65 Å². The van der Waals surface area contributed by atoms with Crippen LogP contribution in [-0.4, -0.2) is 63.6 Å². The van der Waals surface area contributed by atoms with Crippen molar-refractivity contribution < 1.29 is 4.79 Å². The number of nitrogens with two attached hydrogens (primary N) is 1. The topological polar surface area (TPSA) is 93.2 Å². The van der Waals surface area contributed by atoms with Gasteiger partial charge in [0.05, 0.1) is 6.20 Å². The molecule has 1 aromatic carbocycles. The van der Waals surface area contributed by atoms with Crippen LogP contribution in [0, 0.1) is 0 Å². The number of amides is 1. The summed E-state index contributed by atoms with van der Waals surface area (Å²) >= 11 is 0. The van der Waals surface area contributed by atoms with Crippen LogP contribution in [0.15, 0.2) is 36.8 Å². The number of hydrogen-bond acceptors (Lipinski definition) is 6. The van der Waals surface area contributed by atoms with E-state index in [9.17, 15) is 4.79 Å². The molecule has 0 saturated heterocycles. The highest BCUT2D eigenvalue weighted by molar-refractivity contribution is 5.93. The zero-order valence-electron chi connectivity index (χ0n) is 16.0. The molecule has 8 nitrogen and oxygen atoms in total. The molecule has 0 bridgehead atoms. The van der Waals surface area contributed by atoms with Gasteiger partial charge in [0.2, 0.25) is 11.9 Å². The molecular formula is C19H25N7O. The Morgan fingerprint density at radius 3 is 2.67 bits per heavy atom. The normalized spacial score (nSPS) is 11.3. The summed E-state index contributed by atoms with van der Waals surface area (Å²) < 4.78 is 1.84. The van der Waals surface area contributed by atoms with Crippen LogP contribution < -0.4 is 10.6 Å². The summed E-state index contributed by atoms with van der Waals surface area (Å²) in [5.41, 5.74) is 8.00. The molecule has 142 valence electrons. The fraction of sp³-hybridized carbons (Fsp3) is 0.368. The molecule has 8 heteroatoms. The molecule has 1 amide bonds. The molecule has 27 heavy (non-hydrogen) atoms. The van der Waals surface area contributed by atoms with E-state index in [1.807, 2.05) is 22.6 Å². The van der Waals surface area contributed by atoms with Crippen molar-refractivity contribution in [2.24, 2.45) is 5.73 Å². The molecular weight excluding hydrogens is 342 g/mol. The lowest BCUT2D eigenvalue weighted by Crippen LogP contribution is -2.33. The Bertz CT molecular complexity index is 933. The van der Waals surface area contributed by atoms with Crippen molar-refractivity contribution in [2.75, 3.05) is 38.1 Å². The van der Waals surface area contributed by atoms with Gasteiger partial charge in [-0.05, 0) is 31.3 Å². The molecule has 0 radical (unpaired) electrons. The number of hydrogen-bond donors (Lipinski definition) is 1. The molecule has 0 atom stereocenters. The fourth-order valence-electron chi connectivity index (χ4n) is 2.91. The number of benzene rings is 1. The molecule has 3 rings (SSSR count). The summed E-state index contributed by atoms with van der Waals surface area (Å²) in [7, 11) is 1.99. The predicted molar refractivity (Wildman–Crippen MR) is 106 cm³/mol. The monoisotopic (exact) mass is 367 g/mol. The smallest absolute Gasteiger partial charge is 0.248 e. The Labute approximate surface area is 158 Å². The summed E-state index contributed by atoms with van der Waals surface area (Å²) in [5, 5.41) is 0. The van der Waals surface area contributed by atoms with Gasteiger partial charge in [-0.1, -0.05) is 19.9 Å². The van der Waals surface area contributed by atoms with E-state index in [-0.39, 0.29) is 0 Å². The molecule has 0 spiro atoms. The van der Waals surface area contributed by atoms with Gasteiger partial charge in [-0.2, -0.15) is 4.98 Å². The van der Waals surface area contributed by atoms with Gasteiger partial charge in [0.25, 0.3) is 0 Å². The van der Waals surface area contributed by atoms with E-state index < -0.39 is 5.91 Å². The van der Waals surface area contributed by atoms with Crippen LogP contribution in [0.5, 0.6) is 0 Å². The Kier molecular flexibility index (Phi) is 5.66. The largest absolute Gasteiger partial charge is 0.366 e. The summed E-state index contributed by atoms with van der Waals surface area (Å²) in [4.78, 5) is 29.4. The number of imidazole rings is 1. The lowest BCUT2D eigenvalue weighted by atomic mass is 10.2. The number of fused-ring (bicyclic) bond motifs is 1. The highest BCUT2D eigenvalue weighted by atomic mass is 16.1. The standard InChI is InChI=1S/C19H25N7O/c1-4-25(5-2)10-9-24(3)19-21-12-16-18(23-19)26(13-22-16)15-8-6-7-14(11-15)17(20)27/h6-8,11-13H,4-5,9-10H2,1-3H3,(H2,20,27). The first-order valence-electron chi connectivity index (χ1n) is 9.07. The zero-order valence-corrected chi connectivity index (χ0v) is 16.0. The van der Waals surface area contributed by atoms with Crippen LogP contribution in [0.4, 0.5) is 5.95 Å². The van der Waals surface area contributed by atoms with Gasteiger partial charge in [-0.15, -0.1) is 0 Å². The molecule has 0 unspecified atom stereocenters. The fourth-order valence-corrected chi connectivity index (χ4v) is 2.91. The molecule has 0 aliphatic carbocycles. The van der Waals surface area contributed by atoms with Crippen molar-refractivity contribution in [1.29, 1.82) is 0 Å². The third kappa shape index (κ3) is 4.06. The van der Waals surface area contributed by atoms with Gasteiger partial charge >= 0.3 is 0 Å². The average molecular weight is 367 g/mol. The maximum Gasteiger partial charge on any atom is 0.248 e. The lowest BCUT2D eigenvalue weighted by molar-refractivity contribution is 0.1000. The van der Waals surface area contributed by atoms with Crippen LogP contribution >= 0.6 is 0 Å². The molecule has 2 aromatic heterocycles. The van der Waals surface area contributed by atoms with Crippen molar-refractivity contribution in [1.82, 2.24) is 24.4 Å². The minimum atomic E-state index is -0.465. The first kappa shape index (κ1) is 18.8. The molecule has 2 N–H and O–H groups in total. The first-order valence-corrected chi connectivity index (χ1v) is 9.07. The van der Waals surface area contributed by atoms with Gasteiger partial charge in [-0.3, -0.25) is 9.36 Å². The molecule has 0 fully saturated rings. The van der Waals surface area contributed by atoms with E-state index in [1.54, 1.807) is 30.7 Å². The third-order valence-electron chi connectivity index (χ3n) is 4.67. The number of aromatic nitrogens is 4. The minimum Gasteiger partial charge on any atom is -0.366 e. The van der Waals surface area contributed by atoms with E-state index >= 15 is 0 Å². The third-order valence-corrected chi connectivity index (χ3v) is 4.67. The van der Waals surface area contributed by atoms with E-state index in [2.05, 4.69) is 28.7 Å². The van der Waals surface area contributed by atoms with E-state index in [4.69, 9.17) is 10.7 Å². The average Bonchev–Trinajstić information content (AvgIpc) is 3.11. The van der Waals surface area contributed by atoms with Crippen LogP contribution in [0.3, 0.4) is 0 Å². The van der Waals surface area contributed by atoms with Gasteiger partial charge in [-0.25, -0.2) is 9.97 Å². The second-order valence-electron chi connectivity index (χ2n) is 6.36. The van der Waals surface area contributed by atoms with Crippen LogP contribution in [-0.2, 0) is 0 Å². The second-order valence-corrected chi connectivity index (χ2v) is 6.36. The number of rotatable bonds is 8. The summed E-state index contributed by atoms with van der Waals surface area (Å²) in [6.07, 6.45) is 3.40. The number of carbonyl (C=O) groups excluding carboxylic acids is 1. The maximum absolute atomic E-state index is 11.5. The zero-order chi connectivity index (χ0) is 19.4. The Morgan fingerprint density at radius 1 is 1.19 bits per heavy atom. The van der Waals surface area contributed by atoms with E-state index in [1.165, 1.54) is 0 Å². The molecule has 0 aliphatic heterocycles. The highest BCUT2D eigenvalue weighted by Gasteiger charge is 2.12. The summed E-state index contributed by atoms with van der Waals surface area (Å²) in [6.45, 7) is 8.14. The van der Waals surface area contributed by atoms with Gasteiger partial charge < -0.3 is 15.5 Å². The molecule has 3 aromatic rings. The SMILES string of the molecule is CCN(CC)CCN(C)c1ncc2ncn(-c3cccc(C(N)=O)c3)c2n1. The van der Waals surface area contributed by atoms with Gasteiger partial charge in [0.1, 0.15) is 11.8 Å². The van der Waals surface area contributed by atoms with Crippen LogP contribution in [0.1, 0.15) is 24.2 Å². The number of anilines is 1. The number of likely N-dealkylation sites (N-methyl/N-ethyl adjacent to an activating group) is 2. The number of nitrogens with zero attached hydrogens (tertiary/aromatic N) is 6. The number of carbonyl (C=O) groups is 1. The van der Waals surface area contributed by atoms with E-state index in [0.717, 1.165) is 31.9 Å². The minimum absolute atomic E-state index is 0.444. The Balaban J connectivity index is 1.90. The summed E-state index contributed by atoms with van der Waals surface area (Å²) in [6, 6.07) is 7.10. The molecule has 2 heterocycles. The van der Waals surface area contributed by atoms with Crippen molar-refractivity contribution in [3.05, 3.63) is 42.4 Å². The van der Waals surface area contributed by atoms with Crippen molar-refractivity contribution >= 4 is 23.0 Å². The maximum atomic E-state index is 11.5. The number of primary amides is 1. The van der Waals surface area contributed by atoms with Crippen molar-refractivity contribution in [3.63, 3.8) is 0 Å². The van der Waals surface area contributed by atoms with E-state index in [0.29, 0.717) is 22.7 Å². The van der Waals surface area contributed by atoms with Crippen molar-refractivity contribution in [2.45, 2.75) is 13.8 Å². The van der Waals surface area contributed by atoms with Gasteiger partial charge in [0, 0.05) is 31.4 Å². The Hall–Kier alpha value is -3.00. The lowest BCUT2D eigenvalue weighted by Gasteiger charge is -2.23. The predicted octanol–water partition coefficient (Wildman–Crippen LogP) is 1.69. The first-order chi connectivity index (χ1) is 13.0. The quantitative estimate of drug-likeness (QED) is 0.651. The molecule has 0 saturated carbocycles. The van der Waals surface area contributed by atoms with Crippen LogP contribution in [0.2, 0.25) is 0 Å². The molecule has 0 aliphatic rings. The Morgan fingerprint density at radius 2 is 1.96 bits per heavy atom. The highest BCUT2D eigenvalue weighted by Crippen LogP contribution is 2.19.